The summed E-state index contributed by atoms with van der Waals surface area (Å²) in [6.07, 6.45) is 2.90. The number of aliphatic hydroxyl groups excluding tert-OH is 1. The molecule has 45 heavy (non-hydrogen) atoms. The second kappa shape index (κ2) is 14.0. The first-order valence-corrected chi connectivity index (χ1v) is 16.3. The van der Waals surface area contributed by atoms with Crippen LogP contribution in [0.4, 0.5) is 0 Å². The van der Waals surface area contributed by atoms with Gasteiger partial charge >= 0.3 is 0 Å². The number of unbranched alkanes of at least 4 members (excludes halogenated alkanes) is 1. The summed E-state index contributed by atoms with van der Waals surface area (Å²) in [6.45, 7) is 8.13. The Balaban J connectivity index is 1.31. The number of hydrogen-bond donors (Lipinski definition) is 1. The van der Waals surface area contributed by atoms with Gasteiger partial charge in [0.15, 0.2) is 0 Å². The molecule has 4 aromatic carbocycles. The van der Waals surface area contributed by atoms with Gasteiger partial charge in [0.05, 0.1) is 31.5 Å². The van der Waals surface area contributed by atoms with Gasteiger partial charge in [0, 0.05) is 18.1 Å². The van der Waals surface area contributed by atoms with Crippen molar-refractivity contribution in [3.63, 3.8) is 0 Å². The van der Waals surface area contributed by atoms with Crippen LogP contribution >= 0.6 is 0 Å². The first-order valence-electron chi connectivity index (χ1n) is 16.3. The summed E-state index contributed by atoms with van der Waals surface area (Å²) < 4.78 is 27.4. The second-order valence-electron chi connectivity index (χ2n) is 13.0. The summed E-state index contributed by atoms with van der Waals surface area (Å²) >= 11 is 0. The predicted molar refractivity (Wildman–Crippen MR) is 177 cm³/mol. The van der Waals surface area contributed by atoms with E-state index in [1.807, 2.05) is 36.4 Å². The summed E-state index contributed by atoms with van der Waals surface area (Å²) in [4.78, 5) is 0. The minimum Gasteiger partial charge on any atom is -0.396 e. The van der Waals surface area contributed by atoms with Gasteiger partial charge < -0.3 is 24.1 Å². The smallest absolute Gasteiger partial charge is 0.225 e. The lowest BCUT2D eigenvalue weighted by Gasteiger charge is -2.49. The van der Waals surface area contributed by atoms with Crippen molar-refractivity contribution in [2.75, 3.05) is 13.2 Å². The molecule has 236 valence electrons. The van der Waals surface area contributed by atoms with E-state index in [1.54, 1.807) is 0 Å². The van der Waals surface area contributed by atoms with Crippen LogP contribution in [-0.4, -0.2) is 36.1 Å². The molecule has 0 radical (unpaired) electrons. The highest BCUT2D eigenvalue weighted by Gasteiger charge is 2.65. The third-order valence-electron chi connectivity index (χ3n) is 9.69. The molecule has 0 amide bonds. The fraction of sp³-hybridized carbons (Fsp3) is 0.400. The van der Waals surface area contributed by atoms with Crippen LogP contribution in [0.15, 0.2) is 103 Å². The number of rotatable bonds is 13. The Morgan fingerprint density at radius 2 is 1.42 bits per heavy atom. The standard InChI is InChI=1S/C40H46O5/c1-29-17-22-36(25-35(29)24-32-20-18-31(19-21-32)12-10-11-23-41)40-38(43-27-34-15-8-5-9-16-34)37(30(2)39(3,45-40)28-44-40)42-26-33-13-6-4-7-14-33/h4-9,13-22,25,30,37-38,41H,10-12,23-24,26-28H2,1-3H3/t30-,37-,38+,39-,40-/m0/s1. The average molecular weight is 607 g/mol. The van der Waals surface area contributed by atoms with Gasteiger partial charge in [0.25, 0.3) is 0 Å². The highest BCUT2D eigenvalue weighted by molar-refractivity contribution is 5.39. The zero-order chi connectivity index (χ0) is 31.3. The molecule has 6 rings (SSSR count). The van der Waals surface area contributed by atoms with Crippen LogP contribution in [0.2, 0.25) is 0 Å². The lowest BCUT2D eigenvalue weighted by Crippen LogP contribution is -2.61. The normalized spacial score (nSPS) is 25.8. The van der Waals surface area contributed by atoms with Crippen molar-refractivity contribution in [1.29, 1.82) is 0 Å². The third kappa shape index (κ3) is 6.94. The van der Waals surface area contributed by atoms with E-state index in [1.165, 1.54) is 22.3 Å². The van der Waals surface area contributed by atoms with Crippen molar-refractivity contribution in [2.24, 2.45) is 5.92 Å². The quantitative estimate of drug-likeness (QED) is 0.158. The molecule has 5 heteroatoms. The molecule has 0 saturated carbocycles. The summed E-state index contributed by atoms with van der Waals surface area (Å²) in [5.41, 5.74) is 7.69. The molecular formula is C40H46O5. The molecule has 4 aromatic rings. The summed E-state index contributed by atoms with van der Waals surface area (Å²) in [5.74, 6) is -1.06. The molecule has 0 aliphatic carbocycles. The van der Waals surface area contributed by atoms with Crippen LogP contribution in [0.3, 0.4) is 0 Å². The number of ether oxygens (including phenoxy) is 4. The maximum absolute atomic E-state index is 9.12. The first kappa shape index (κ1) is 31.7. The van der Waals surface area contributed by atoms with Gasteiger partial charge in [-0.05, 0) is 79.0 Å². The molecule has 0 unspecified atom stereocenters. The highest BCUT2D eigenvalue weighted by Crippen LogP contribution is 2.54. The van der Waals surface area contributed by atoms with E-state index in [2.05, 4.69) is 87.5 Å². The van der Waals surface area contributed by atoms with Crippen LogP contribution < -0.4 is 0 Å². The van der Waals surface area contributed by atoms with Gasteiger partial charge in [-0.25, -0.2) is 0 Å². The molecule has 2 heterocycles. The minimum absolute atomic E-state index is 0.0402. The summed E-state index contributed by atoms with van der Waals surface area (Å²) in [5, 5.41) is 9.12. The fourth-order valence-electron chi connectivity index (χ4n) is 6.68. The zero-order valence-corrected chi connectivity index (χ0v) is 26.8. The van der Waals surface area contributed by atoms with Gasteiger partial charge in [0.2, 0.25) is 5.79 Å². The number of hydrogen-bond acceptors (Lipinski definition) is 5. The summed E-state index contributed by atoms with van der Waals surface area (Å²) in [7, 11) is 0. The lowest BCUT2D eigenvalue weighted by atomic mass is 9.78. The molecule has 2 aliphatic heterocycles. The van der Waals surface area contributed by atoms with Crippen molar-refractivity contribution in [3.8, 4) is 0 Å². The van der Waals surface area contributed by atoms with E-state index in [9.17, 15) is 0 Å². The van der Waals surface area contributed by atoms with E-state index in [0.717, 1.165) is 42.4 Å². The Labute approximate surface area is 268 Å². The van der Waals surface area contributed by atoms with Crippen molar-refractivity contribution in [1.82, 2.24) is 0 Å². The summed E-state index contributed by atoms with van der Waals surface area (Å²) in [6, 6.07) is 36.0. The van der Waals surface area contributed by atoms with Crippen LogP contribution in [0, 0.1) is 12.8 Å². The van der Waals surface area contributed by atoms with Crippen LogP contribution in [0.1, 0.15) is 65.6 Å². The van der Waals surface area contributed by atoms with Crippen LogP contribution in [-0.2, 0) is 50.8 Å². The minimum atomic E-state index is -1.10. The number of aryl methyl sites for hydroxylation is 2. The predicted octanol–water partition coefficient (Wildman–Crippen LogP) is 7.68. The van der Waals surface area contributed by atoms with E-state index in [4.69, 9.17) is 24.1 Å². The second-order valence-corrected chi connectivity index (χ2v) is 13.0. The van der Waals surface area contributed by atoms with E-state index in [-0.39, 0.29) is 18.6 Å². The number of fused-ring (bicyclic) bond motifs is 2. The zero-order valence-electron chi connectivity index (χ0n) is 26.8. The molecule has 2 saturated heterocycles. The van der Waals surface area contributed by atoms with Gasteiger partial charge in [0.1, 0.15) is 6.10 Å². The maximum atomic E-state index is 9.12. The van der Waals surface area contributed by atoms with Crippen molar-refractivity contribution < 1.29 is 24.1 Å². The number of aliphatic hydroxyl groups is 1. The average Bonchev–Trinajstić information content (AvgIpc) is 3.40. The third-order valence-corrected chi connectivity index (χ3v) is 9.69. The van der Waals surface area contributed by atoms with E-state index >= 15 is 0 Å². The van der Waals surface area contributed by atoms with Crippen LogP contribution in [0.5, 0.6) is 0 Å². The van der Waals surface area contributed by atoms with Crippen molar-refractivity contribution in [2.45, 2.75) is 83.3 Å². The molecule has 0 spiro atoms. The Bertz CT molecular complexity index is 1520. The molecule has 5 atom stereocenters. The molecule has 0 aromatic heterocycles. The topological polar surface area (TPSA) is 57.2 Å². The number of benzene rings is 4. The van der Waals surface area contributed by atoms with Gasteiger partial charge in [-0.15, -0.1) is 0 Å². The van der Waals surface area contributed by atoms with Gasteiger partial charge in [-0.1, -0.05) is 104 Å². The Hall–Kier alpha value is -3.32. The maximum Gasteiger partial charge on any atom is 0.225 e. The van der Waals surface area contributed by atoms with E-state index in [0.29, 0.717) is 19.8 Å². The lowest BCUT2D eigenvalue weighted by molar-refractivity contribution is -0.330. The first-order chi connectivity index (χ1) is 21.9. The largest absolute Gasteiger partial charge is 0.396 e. The molecular weight excluding hydrogens is 560 g/mol. The van der Waals surface area contributed by atoms with Crippen LogP contribution in [0.25, 0.3) is 0 Å². The Morgan fingerprint density at radius 1 is 0.778 bits per heavy atom. The molecule has 1 N–H and O–H groups in total. The Kier molecular flexibility index (Phi) is 9.84. The molecule has 5 nitrogen and oxygen atoms in total. The fourth-order valence-corrected chi connectivity index (χ4v) is 6.68. The molecule has 2 fully saturated rings. The SMILES string of the molecule is Cc1ccc([C@]23OC[C@](C)(O2)[C@@H](C)[C@H](OCc2ccccc2)[C@H]3OCc2ccccc2)cc1Cc1ccc(CCCCO)cc1. The van der Waals surface area contributed by atoms with Crippen molar-refractivity contribution >= 4 is 0 Å². The monoisotopic (exact) mass is 606 g/mol. The van der Waals surface area contributed by atoms with Crippen molar-refractivity contribution in [3.05, 3.63) is 142 Å². The molecule has 2 aliphatic rings. The molecule has 2 bridgehead atoms. The van der Waals surface area contributed by atoms with E-state index < -0.39 is 17.5 Å². The van der Waals surface area contributed by atoms with Gasteiger partial charge in [-0.3, -0.25) is 0 Å². The Morgan fingerprint density at radius 3 is 2.09 bits per heavy atom. The van der Waals surface area contributed by atoms with Gasteiger partial charge in [-0.2, -0.15) is 0 Å². The highest BCUT2D eigenvalue weighted by atomic mass is 16.8.